The molecule has 0 saturated carbocycles. The lowest BCUT2D eigenvalue weighted by Crippen LogP contribution is -2.35. The number of rotatable bonds is 7. The zero-order chi connectivity index (χ0) is 15.1. The van der Waals surface area contributed by atoms with E-state index < -0.39 is 5.82 Å². The summed E-state index contributed by atoms with van der Waals surface area (Å²) in [7, 11) is 0. The molecule has 3 N–H and O–H groups in total. The minimum absolute atomic E-state index is 0.0789. The van der Waals surface area contributed by atoms with Gasteiger partial charge in [0, 0.05) is 12.1 Å². The van der Waals surface area contributed by atoms with E-state index in [0.29, 0.717) is 12.0 Å². The van der Waals surface area contributed by atoms with Crippen molar-refractivity contribution in [2.75, 3.05) is 6.61 Å². The van der Waals surface area contributed by atoms with Crippen molar-refractivity contribution in [3.05, 3.63) is 29.6 Å². The number of nitrogens with two attached hydrogens (primary N) is 1. The lowest BCUT2D eigenvalue weighted by atomic mass is 10.1. The molecular formula is C15H23FN2O2. The molecule has 0 fully saturated rings. The number of hydrogen-bond donors (Lipinski definition) is 2. The van der Waals surface area contributed by atoms with Crippen molar-refractivity contribution in [1.82, 2.24) is 5.32 Å². The van der Waals surface area contributed by atoms with Crippen LogP contribution in [0.25, 0.3) is 0 Å². The van der Waals surface area contributed by atoms with Gasteiger partial charge >= 0.3 is 0 Å². The second kappa shape index (κ2) is 7.85. The fraction of sp³-hybridized carbons (Fsp3) is 0.533. The summed E-state index contributed by atoms with van der Waals surface area (Å²) < 4.78 is 19.1. The number of benzene rings is 1. The molecule has 0 radical (unpaired) electrons. The van der Waals surface area contributed by atoms with Crippen LogP contribution in [0.2, 0.25) is 0 Å². The van der Waals surface area contributed by atoms with Crippen LogP contribution in [0.3, 0.4) is 0 Å². The normalized spacial score (nSPS) is 13.7. The monoisotopic (exact) mass is 282 g/mol. The van der Waals surface area contributed by atoms with Gasteiger partial charge in [-0.15, -0.1) is 0 Å². The summed E-state index contributed by atoms with van der Waals surface area (Å²) in [4.78, 5) is 11.6. The average molecular weight is 282 g/mol. The number of ether oxygens (including phenoxy) is 1. The summed E-state index contributed by atoms with van der Waals surface area (Å²) >= 11 is 0. The van der Waals surface area contributed by atoms with Crippen molar-refractivity contribution in [1.29, 1.82) is 0 Å². The molecule has 112 valence electrons. The van der Waals surface area contributed by atoms with Crippen LogP contribution in [-0.2, 0) is 11.2 Å². The quantitative estimate of drug-likeness (QED) is 0.804. The van der Waals surface area contributed by atoms with E-state index >= 15 is 0 Å². The van der Waals surface area contributed by atoms with Crippen molar-refractivity contribution in [3.8, 4) is 5.75 Å². The molecule has 0 heterocycles. The lowest BCUT2D eigenvalue weighted by Gasteiger charge is -2.15. The smallest absolute Gasteiger partial charge is 0.258 e. The first-order valence-corrected chi connectivity index (χ1v) is 6.89. The van der Waals surface area contributed by atoms with Crippen molar-refractivity contribution in [2.45, 2.75) is 45.7 Å². The standard InChI is InChI=1S/C15H23FN2O2/c1-4-11(3)18-14(19)9-20-15-12(8-10(2)17)6-5-7-13(15)16/h5-7,10-11H,4,8-9,17H2,1-3H3,(H,18,19). The van der Waals surface area contributed by atoms with E-state index in [4.69, 9.17) is 10.5 Å². The van der Waals surface area contributed by atoms with E-state index in [2.05, 4.69) is 5.32 Å². The fourth-order valence-electron chi connectivity index (χ4n) is 1.78. The molecule has 0 spiro atoms. The van der Waals surface area contributed by atoms with Gasteiger partial charge in [0.15, 0.2) is 18.2 Å². The third-order valence-corrected chi connectivity index (χ3v) is 2.96. The number of hydrogen-bond acceptors (Lipinski definition) is 3. The molecular weight excluding hydrogens is 259 g/mol. The molecule has 4 nitrogen and oxygen atoms in total. The summed E-state index contributed by atoms with van der Waals surface area (Å²) in [6, 6.07) is 4.66. The molecule has 1 aromatic carbocycles. The Labute approximate surface area is 119 Å². The number of para-hydroxylation sites is 1. The summed E-state index contributed by atoms with van der Waals surface area (Å²) in [6.07, 6.45) is 1.33. The first-order valence-electron chi connectivity index (χ1n) is 6.89. The minimum atomic E-state index is -0.473. The molecule has 0 aliphatic rings. The predicted molar refractivity (Wildman–Crippen MR) is 77.1 cm³/mol. The Morgan fingerprint density at radius 2 is 2.15 bits per heavy atom. The second-order valence-corrected chi connectivity index (χ2v) is 5.07. The first kappa shape index (κ1) is 16.4. The van der Waals surface area contributed by atoms with Gasteiger partial charge in [0.05, 0.1) is 0 Å². The van der Waals surface area contributed by atoms with E-state index in [1.807, 2.05) is 20.8 Å². The molecule has 2 unspecified atom stereocenters. The molecule has 1 amide bonds. The molecule has 2 atom stereocenters. The Kier molecular flexibility index (Phi) is 6.45. The van der Waals surface area contributed by atoms with Gasteiger partial charge in [0.1, 0.15) is 0 Å². The molecule has 0 aliphatic heterocycles. The highest BCUT2D eigenvalue weighted by atomic mass is 19.1. The van der Waals surface area contributed by atoms with Gasteiger partial charge in [-0.25, -0.2) is 4.39 Å². The SMILES string of the molecule is CCC(C)NC(=O)COc1c(F)cccc1CC(C)N. The maximum atomic E-state index is 13.8. The molecule has 0 aliphatic carbocycles. The van der Waals surface area contributed by atoms with E-state index in [1.165, 1.54) is 6.07 Å². The Balaban J connectivity index is 2.69. The number of carbonyl (C=O) groups is 1. The molecule has 20 heavy (non-hydrogen) atoms. The third-order valence-electron chi connectivity index (χ3n) is 2.96. The fourth-order valence-corrected chi connectivity index (χ4v) is 1.78. The highest BCUT2D eigenvalue weighted by Crippen LogP contribution is 2.23. The summed E-state index contributed by atoms with van der Waals surface area (Å²) in [6.45, 7) is 5.52. The van der Waals surface area contributed by atoms with Crippen LogP contribution in [0.15, 0.2) is 18.2 Å². The van der Waals surface area contributed by atoms with E-state index in [9.17, 15) is 9.18 Å². The molecule has 0 saturated heterocycles. The summed E-state index contributed by atoms with van der Waals surface area (Å²) in [5, 5.41) is 2.77. The Hall–Kier alpha value is -1.62. The average Bonchev–Trinajstić information content (AvgIpc) is 2.37. The molecule has 1 rings (SSSR count). The number of halogens is 1. The highest BCUT2D eigenvalue weighted by molar-refractivity contribution is 5.77. The highest BCUT2D eigenvalue weighted by Gasteiger charge is 2.13. The molecule has 0 aromatic heterocycles. The van der Waals surface area contributed by atoms with Crippen LogP contribution >= 0.6 is 0 Å². The van der Waals surface area contributed by atoms with Gasteiger partial charge in [0.25, 0.3) is 5.91 Å². The lowest BCUT2D eigenvalue weighted by molar-refractivity contribution is -0.123. The zero-order valence-electron chi connectivity index (χ0n) is 12.3. The van der Waals surface area contributed by atoms with E-state index in [1.54, 1.807) is 12.1 Å². The molecule has 0 bridgehead atoms. The van der Waals surface area contributed by atoms with Crippen molar-refractivity contribution < 1.29 is 13.9 Å². The molecule has 5 heteroatoms. The van der Waals surface area contributed by atoms with Crippen LogP contribution in [0, 0.1) is 5.82 Å². The van der Waals surface area contributed by atoms with Crippen LogP contribution in [-0.4, -0.2) is 24.6 Å². The van der Waals surface area contributed by atoms with Gasteiger partial charge in [-0.1, -0.05) is 19.1 Å². The van der Waals surface area contributed by atoms with E-state index in [0.717, 1.165) is 6.42 Å². The van der Waals surface area contributed by atoms with Crippen LogP contribution in [0.1, 0.15) is 32.8 Å². The van der Waals surface area contributed by atoms with Crippen LogP contribution in [0.5, 0.6) is 5.75 Å². The number of carbonyl (C=O) groups excluding carboxylic acids is 1. The molecule has 1 aromatic rings. The van der Waals surface area contributed by atoms with Crippen molar-refractivity contribution in [2.24, 2.45) is 5.73 Å². The maximum Gasteiger partial charge on any atom is 0.258 e. The van der Waals surface area contributed by atoms with E-state index in [-0.39, 0.29) is 30.3 Å². The second-order valence-electron chi connectivity index (χ2n) is 5.07. The van der Waals surface area contributed by atoms with Crippen LogP contribution < -0.4 is 15.8 Å². The Bertz CT molecular complexity index is 449. The van der Waals surface area contributed by atoms with Gasteiger partial charge in [0.2, 0.25) is 0 Å². The van der Waals surface area contributed by atoms with Gasteiger partial charge in [-0.3, -0.25) is 4.79 Å². The van der Waals surface area contributed by atoms with Crippen LogP contribution in [0.4, 0.5) is 4.39 Å². The number of amides is 1. The van der Waals surface area contributed by atoms with Gasteiger partial charge in [-0.05, 0) is 38.3 Å². The Morgan fingerprint density at radius 1 is 1.45 bits per heavy atom. The third kappa shape index (κ3) is 5.17. The van der Waals surface area contributed by atoms with Gasteiger partial charge in [-0.2, -0.15) is 0 Å². The largest absolute Gasteiger partial charge is 0.480 e. The Morgan fingerprint density at radius 3 is 2.75 bits per heavy atom. The maximum absolute atomic E-state index is 13.8. The van der Waals surface area contributed by atoms with Crippen molar-refractivity contribution in [3.63, 3.8) is 0 Å². The summed E-state index contributed by atoms with van der Waals surface area (Å²) in [5.74, 6) is -0.613. The topological polar surface area (TPSA) is 64.3 Å². The number of nitrogens with one attached hydrogen (secondary N) is 1. The predicted octanol–water partition coefficient (Wildman–Crippen LogP) is 2.01. The first-order chi connectivity index (χ1) is 9.43. The zero-order valence-corrected chi connectivity index (χ0v) is 12.3. The van der Waals surface area contributed by atoms with Gasteiger partial charge < -0.3 is 15.8 Å². The van der Waals surface area contributed by atoms with Crippen molar-refractivity contribution >= 4 is 5.91 Å². The minimum Gasteiger partial charge on any atom is -0.480 e. The summed E-state index contributed by atoms with van der Waals surface area (Å²) in [5.41, 5.74) is 6.40.